The number of aromatic hydroxyl groups is 1. The Morgan fingerprint density at radius 3 is 2.63 bits per heavy atom. The van der Waals surface area contributed by atoms with E-state index < -0.39 is 5.97 Å². The van der Waals surface area contributed by atoms with Crippen LogP contribution in [-0.2, 0) is 4.79 Å². The first-order valence-electron chi connectivity index (χ1n) is 6.05. The molecule has 0 bridgehead atoms. The van der Waals surface area contributed by atoms with Crippen LogP contribution in [0.3, 0.4) is 0 Å². The first-order valence-corrected chi connectivity index (χ1v) is 6.05. The van der Waals surface area contributed by atoms with E-state index >= 15 is 0 Å². The second-order valence-corrected chi connectivity index (χ2v) is 4.34. The van der Waals surface area contributed by atoms with Crippen molar-refractivity contribution in [2.24, 2.45) is 5.73 Å². The molecule has 1 atom stereocenters. The summed E-state index contributed by atoms with van der Waals surface area (Å²) in [6, 6.07) is 3.66. The maximum absolute atomic E-state index is 11.6. The molecule has 0 heterocycles. The lowest BCUT2D eigenvalue weighted by Crippen LogP contribution is -2.26. The van der Waals surface area contributed by atoms with E-state index in [1.54, 1.807) is 0 Å². The van der Waals surface area contributed by atoms with Crippen LogP contribution in [0.1, 0.15) is 36.5 Å². The van der Waals surface area contributed by atoms with Gasteiger partial charge in [0.1, 0.15) is 11.3 Å². The van der Waals surface area contributed by atoms with Gasteiger partial charge in [0.15, 0.2) is 0 Å². The Bertz CT molecular complexity index is 474. The molecule has 1 amide bonds. The summed E-state index contributed by atoms with van der Waals surface area (Å²) < 4.78 is 0. The number of hydrogen-bond acceptors (Lipinski definition) is 4. The molecule has 5 N–H and O–H groups in total. The van der Waals surface area contributed by atoms with Crippen molar-refractivity contribution in [3.63, 3.8) is 0 Å². The first kappa shape index (κ1) is 15.0. The number of benzene rings is 1. The molecular formula is C13H18N2O4. The molecule has 1 aromatic carbocycles. The van der Waals surface area contributed by atoms with E-state index in [4.69, 9.17) is 10.8 Å². The number of hydrogen-bond donors (Lipinski definition) is 4. The number of carboxylic acids is 1. The fraction of sp³-hybridized carbons (Fsp3) is 0.385. The van der Waals surface area contributed by atoms with Gasteiger partial charge in [-0.3, -0.25) is 4.79 Å². The molecule has 0 radical (unpaired) electrons. The highest BCUT2D eigenvalue weighted by Gasteiger charge is 2.12. The Morgan fingerprint density at radius 1 is 1.42 bits per heavy atom. The minimum Gasteiger partial charge on any atom is -0.507 e. The Morgan fingerprint density at radius 2 is 2.11 bits per heavy atom. The van der Waals surface area contributed by atoms with Gasteiger partial charge < -0.3 is 21.3 Å². The van der Waals surface area contributed by atoms with Gasteiger partial charge in [0.2, 0.25) is 5.91 Å². The zero-order valence-electron chi connectivity index (χ0n) is 10.7. The molecular weight excluding hydrogens is 248 g/mol. The quantitative estimate of drug-likeness (QED) is 0.624. The van der Waals surface area contributed by atoms with Crippen LogP contribution < -0.4 is 11.1 Å². The number of nitrogens with two attached hydrogens (primary N) is 1. The lowest BCUT2D eigenvalue weighted by atomic mass is 10.1. The van der Waals surface area contributed by atoms with Crippen LogP contribution in [0.5, 0.6) is 5.75 Å². The van der Waals surface area contributed by atoms with Crippen LogP contribution in [-0.4, -0.2) is 28.1 Å². The molecule has 6 nitrogen and oxygen atoms in total. The Labute approximate surface area is 111 Å². The Kier molecular flexibility index (Phi) is 5.32. The van der Waals surface area contributed by atoms with E-state index in [0.717, 1.165) is 12.8 Å². The van der Waals surface area contributed by atoms with E-state index in [0.29, 0.717) is 5.69 Å². The second-order valence-electron chi connectivity index (χ2n) is 4.34. The van der Waals surface area contributed by atoms with Crippen LogP contribution >= 0.6 is 0 Å². The molecule has 1 unspecified atom stereocenters. The van der Waals surface area contributed by atoms with E-state index in [9.17, 15) is 14.7 Å². The third-order valence-electron chi connectivity index (χ3n) is 2.62. The molecule has 0 aliphatic heterocycles. The summed E-state index contributed by atoms with van der Waals surface area (Å²) in [5.41, 5.74) is 5.88. The number of nitrogens with one attached hydrogen (secondary N) is 1. The van der Waals surface area contributed by atoms with Crippen molar-refractivity contribution in [3.8, 4) is 5.75 Å². The molecule has 0 aliphatic carbocycles. The molecule has 104 valence electrons. The third-order valence-corrected chi connectivity index (χ3v) is 2.62. The van der Waals surface area contributed by atoms with Gasteiger partial charge in [0, 0.05) is 24.2 Å². The highest BCUT2D eigenvalue weighted by Crippen LogP contribution is 2.22. The largest absolute Gasteiger partial charge is 0.507 e. The fourth-order valence-electron chi connectivity index (χ4n) is 1.71. The number of amides is 1. The molecule has 1 aromatic rings. The van der Waals surface area contributed by atoms with E-state index in [1.807, 2.05) is 6.92 Å². The zero-order chi connectivity index (χ0) is 14.4. The number of phenols is 1. The minimum atomic E-state index is -1.22. The monoisotopic (exact) mass is 266 g/mol. The Balaban J connectivity index is 2.65. The predicted octanol–water partition coefficient (Wildman–Crippen LogP) is 1.55. The SMILES string of the molecule is CCCC(N)CC(=O)Nc1ccc(C(=O)O)c(O)c1. The van der Waals surface area contributed by atoms with Gasteiger partial charge in [-0.05, 0) is 18.6 Å². The number of carbonyl (C=O) groups is 2. The minimum absolute atomic E-state index is 0.190. The van der Waals surface area contributed by atoms with Gasteiger partial charge in [0.05, 0.1) is 0 Å². The maximum Gasteiger partial charge on any atom is 0.339 e. The van der Waals surface area contributed by atoms with Crippen LogP contribution in [0, 0.1) is 0 Å². The number of rotatable bonds is 6. The van der Waals surface area contributed by atoms with Crippen molar-refractivity contribution in [2.75, 3.05) is 5.32 Å². The van der Waals surface area contributed by atoms with Crippen molar-refractivity contribution >= 4 is 17.6 Å². The summed E-state index contributed by atoms with van der Waals surface area (Å²) >= 11 is 0. The molecule has 0 aromatic heterocycles. The van der Waals surface area contributed by atoms with Crippen LogP contribution in [0.2, 0.25) is 0 Å². The summed E-state index contributed by atoms with van der Waals surface area (Å²) in [6.45, 7) is 1.99. The predicted molar refractivity (Wildman–Crippen MR) is 71.2 cm³/mol. The van der Waals surface area contributed by atoms with Crippen molar-refractivity contribution in [2.45, 2.75) is 32.2 Å². The van der Waals surface area contributed by atoms with Gasteiger partial charge in [-0.25, -0.2) is 4.79 Å². The molecule has 0 aliphatic rings. The average Bonchev–Trinajstić information content (AvgIpc) is 2.28. The normalized spacial score (nSPS) is 11.9. The summed E-state index contributed by atoms with van der Waals surface area (Å²) in [7, 11) is 0. The summed E-state index contributed by atoms with van der Waals surface area (Å²) in [6.07, 6.45) is 1.86. The molecule has 6 heteroatoms. The van der Waals surface area contributed by atoms with Crippen molar-refractivity contribution in [3.05, 3.63) is 23.8 Å². The van der Waals surface area contributed by atoms with Gasteiger partial charge in [-0.1, -0.05) is 13.3 Å². The fourth-order valence-corrected chi connectivity index (χ4v) is 1.71. The smallest absolute Gasteiger partial charge is 0.339 e. The summed E-state index contributed by atoms with van der Waals surface area (Å²) in [5.74, 6) is -1.87. The summed E-state index contributed by atoms with van der Waals surface area (Å²) in [4.78, 5) is 22.3. The highest BCUT2D eigenvalue weighted by atomic mass is 16.4. The molecule has 0 saturated carbocycles. The number of carboxylic acid groups (broad SMARTS) is 1. The average molecular weight is 266 g/mol. The van der Waals surface area contributed by atoms with Crippen molar-refractivity contribution in [1.29, 1.82) is 0 Å². The number of anilines is 1. The molecule has 0 spiro atoms. The standard InChI is InChI=1S/C13H18N2O4/c1-2-3-8(14)6-12(17)15-9-4-5-10(13(18)19)11(16)7-9/h4-5,7-8,16H,2-3,6,14H2,1H3,(H,15,17)(H,18,19). The molecule has 1 rings (SSSR count). The topological polar surface area (TPSA) is 113 Å². The van der Waals surface area contributed by atoms with Crippen LogP contribution in [0.15, 0.2) is 18.2 Å². The lowest BCUT2D eigenvalue weighted by molar-refractivity contribution is -0.116. The van der Waals surface area contributed by atoms with Crippen molar-refractivity contribution < 1.29 is 19.8 Å². The van der Waals surface area contributed by atoms with Gasteiger partial charge >= 0.3 is 5.97 Å². The zero-order valence-corrected chi connectivity index (χ0v) is 10.7. The molecule has 19 heavy (non-hydrogen) atoms. The second kappa shape index (κ2) is 6.75. The first-order chi connectivity index (χ1) is 8.93. The van der Waals surface area contributed by atoms with Gasteiger partial charge in [0.25, 0.3) is 0 Å². The Hall–Kier alpha value is -2.08. The molecule has 0 fully saturated rings. The number of aromatic carboxylic acids is 1. The van der Waals surface area contributed by atoms with Crippen LogP contribution in [0.25, 0.3) is 0 Å². The van der Waals surface area contributed by atoms with Gasteiger partial charge in [-0.15, -0.1) is 0 Å². The third kappa shape index (κ3) is 4.59. The molecule has 0 saturated heterocycles. The van der Waals surface area contributed by atoms with E-state index in [1.165, 1.54) is 18.2 Å². The summed E-state index contributed by atoms with van der Waals surface area (Å²) in [5, 5.41) is 20.8. The van der Waals surface area contributed by atoms with Crippen molar-refractivity contribution in [1.82, 2.24) is 0 Å². The maximum atomic E-state index is 11.6. The van der Waals surface area contributed by atoms with Crippen LogP contribution in [0.4, 0.5) is 5.69 Å². The van der Waals surface area contributed by atoms with E-state index in [2.05, 4.69) is 5.32 Å². The van der Waals surface area contributed by atoms with E-state index in [-0.39, 0.29) is 29.7 Å². The lowest BCUT2D eigenvalue weighted by Gasteiger charge is -2.11. The van der Waals surface area contributed by atoms with Gasteiger partial charge in [-0.2, -0.15) is 0 Å². The number of carbonyl (C=O) groups excluding carboxylic acids is 1. The highest BCUT2D eigenvalue weighted by molar-refractivity contribution is 5.94.